The van der Waals surface area contributed by atoms with Crippen LogP contribution in [0.2, 0.25) is 0 Å². The lowest BCUT2D eigenvalue weighted by Gasteiger charge is -2.13. The normalized spacial score (nSPS) is 11.0. The summed E-state index contributed by atoms with van der Waals surface area (Å²) in [6, 6.07) is 19.3. The van der Waals surface area contributed by atoms with Crippen LogP contribution in [0.1, 0.15) is 15.9 Å². The second-order valence-corrected chi connectivity index (χ2v) is 9.39. The maximum Gasteiger partial charge on any atom is 0.338 e. The van der Waals surface area contributed by atoms with Gasteiger partial charge >= 0.3 is 12.0 Å². The molecule has 11 nitrogen and oxygen atoms in total. The molecule has 1 amide bonds. The van der Waals surface area contributed by atoms with Crippen molar-refractivity contribution in [1.82, 2.24) is 10.2 Å². The maximum absolute atomic E-state index is 13.0. The third-order valence-corrected chi connectivity index (χ3v) is 6.42. The second-order valence-electron chi connectivity index (χ2n) is 7.74. The molecule has 0 aliphatic heterocycles. The number of ether oxygens (including phenoxy) is 2. The lowest BCUT2D eigenvalue weighted by molar-refractivity contribution is -0.119. The zero-order valence-corrected chi connectivity index (χ0v) is 20.6. The number of carbonyl (C=O) groups is 2. The van der Waals surface area contributed by atoms with Gasteiger partial charge in [-0.2, -0.15) is 0 Å². The standard InChI is InChI=1S/C25H22N4O7S/c1-16-8-11-19(12-9-16)29-37(32,33)21-14-18(10-13-20(21)34-2)24(31)35-15-22(30)26-25-28-27-23(36-25)17-6-4-3-5-7-17/h3-14,29H,15H2,1-2H3,(H,26,28,30). The molecule has 0 atom stereocenters. The van der Waals surface area contributed by atoms with Gasteiger partial charge in [0.1, 0.15) is 10.6 Å². The number of benzene rings is 3. The molecule has 0 spiro atoms. The number of amides is 1. The SMILES string of the molecule is COc1ccc(C(=O)OCC(=O)Nc2nnc(-c3ccccc3)o2)cc1S(=O)(=O)Nc1ccc(C)cc1. The van der Waals surface area contributed by atoms with Gasteiger partial charge in [0.15, 0.2) is 6.61 Å². The van der Waals surface area contributed by atoms with E-state index < -0.39 is 28.5 Å². The van der Waals surface area contributed by atoms with E-state index >= 15 is 0 Å². The predicted octanol–water partition coefficient (Wildman–Crippen LogP) is 3.65. The van der Waals surface area contributed by atoms with Crippen LogP contribution in [0, 0.1) is 6.92 Å². The van der Waals surface area contributed by atoms with Crippen molar-refractivity contribution in [3.8, 4) is 17.2 Å². The molecule has 190 valence electrons. The van der Waals surface area contributed by atoms with Gasteiger partial charge in [0.2, 0.25) is 5.89 Å². The minimum Gasteiger partial charge on any atom is -0.495 e. The molecule has 0 aliphatic carbocycles. The highest BCUT2D eigenvalue weighted by Gasteiger charge is 2.23. The Morgan fingerprint density at radius 1 is 0.973 bits per heavy atom. The Bertz CT molecular complexity index is 1520. The van der Waals surface area contributed by atoms with Gasteiger partial charge in [-0.05, 0) is 49.4 Å². The molecule has 2 N–H and O–H groups in total. The molecule has 0 fully saturated rings. The van der Waals surface area contributed by atoms with Crippen molar-refractivity contribution in [3.63, 3.8) is 0 Å². The van der Waals surface area contributed by atoms with Gasteiger partial charge in [-0.15, -0.1) is 5.10 Å². The minimum absolute atomic E-state index is 0.0273. The summed E-state index contributed by atoms with van der Waals surface area (Å²) in [6.07, 6.45) is 0. The number of anilines is 2. The Labute approximate surface area is 212 Å². The Morgan fingerprint density at radius 3 is 2.41 bits per heavy atom. The highest BCUT2D eigenvalue weighted by Crippen LogP contribution is 2.27. The number of hydrogen-bond acceptors (Lipinski definition) is 9. The Hall–Kier alpha value is -4.71. The lowest BCUT2D eigenvalue weighted by atomic mass is 10.2. The van der Waals surface area contributed by atoms with Crippen LogP contribution in [0.15, 0.2) is 82.1 Å². The Morgan fingerprint density at radius 2 is 1.70 bits per heavy atom. The first kappa shape index (κ1) is 25.4. The number of methoxy groups -OCH3 is 1. The highest BCUT2D eigenvalue weighted by atomic mass is 32.2. The number of aromatic nitrogens is 2. The molecule has 0 unspecified atom stereocenters. The number of sulfonamides is 1. The van der Waals surface area contributed by atoms with Gasteiger partial charge in [-0.25, -0.2) is 13.2 Å². The summed E-state index contributed by atoms with van der Waals surface area (Å²) in [4.78, 5) is 24.5. The third-order valence-electron chi connectivity index (χ3n) is 5.02. The van der Waals surface area contributed by atoms with Crippen molar-refractivity contribution in [2.45, 2.75) is 11.8 Å². The number of rotatable bonds is 9. The molecule has 3 aromatic carbocycles. The van der Waals surface area contributed by atoms with Crippen LogP contribution >= 0.6 is 0 Å². The van der Waals surface area contributed by atoms with Crippen LogP contribution < -0.4 is 14.8 Å². The highest BCUT2D eigenvalue weighted by molar-refractivity contribution is 7.92. The molecular weight excluding hydrogens is 500 g/mol. The van der Waals surface area contributed by atoms with Crippen LogP contribution in [0.4, 0.5) is 11.7 Å². The van der Waals surface area contributed by atoms with Gasteiger partial charge < -0.3 is 13.9 Å². The monoisotopic (exact) mass is 522 g/mol. The van der Waals surface area contributed by atoms with Crippen LogP contribution in [0.5, 0.6) is 5.75 Å². The molecular formula is C25H22N4O7S. The molecule has 1 heterocycles. The fraction of sp³-hybridized carbons (Fsp3) is 0.120. The van der Waals surface area contributed by atoms with Crippen LogP contribution in [-0.4, -0.2) is 44.2 Å². The van der Waals surface area contributed by atoms with E-state index in [-0.39, 0.29) is 28.1 Å². The van der Waals surface area contributed by atoms with E-state index in [2.05, 4.69) is 20.2 Å². The first-order valence-corrected chi connectivity index (χ1v) is 12.4. The number of hydrogen-bond donors (Lipinski definition) is 2. The smallest absolute Gasteiger partial charge is 0.338 e. The Kier molecular flexibility index (Phi) is 7.49. The summed E-state index contributed by atoms with van der Waals surface area (Å²) in [5.74, 6) is -1.40. The van der Waals surface area contributed by atoms with Crippen LogP contribution in [0.3, 0.4) is 0 Å². The number of aryl methyl sites for hydroxylation is 1. The van der Waals surface area contributed by atoms with Gasteiger partial charge in [-0.1, -0.05) is 41.0 Å². The van der Waals surface area contributed by atoms with E-state index in [0.717, 1.165) is 11.6 Å². The van der Waals surface area contributed by atoms with Crippen molar-refractivity contribution < 1.29 is 31.9 Å². The lowest BCUT2D eigenvalue weighted by Crippen LogP contribution is -2.21. The molecule has 12 heteroatoms. The number of esters is 1. The molecule has 0 saturated carbocycles. The minimum atomic E-state index is -4.11. The Balaban J connectivity index is 1.41. The van der Waals surface area contributed by atoms with E-state index in [1.165, 1.54) is 19.2 Å². The molecule has 37 heavy (non-hydrogen) atoms. The maximum atomic E-state index is 13.0. The van der Waals surface area contributed by atoms with E-state index in [9.17, 15) is 18.0 Å². The number of carbonyl (C=O) groups excluding carboxylic acids is 2. The molecule has 4 aromatic rings. The summed E-state index contributed by atoms with van der Waals surface area (Å²) >= 11 is 0. The predicted molar refractivity (Wildman–Crippen MR) is 134 cm³/mol. The third kappa shape index (κ3) is 6.30. The summed E-state index contributed by atoms with van der Waals surface area (Å²) in [6.45, 7) is 1.21. The fourth-order valence-corrected chi connectivity index (χ4v) is 4.44. The summed E-state index contributed by atoms with van der Waals surface area (Å²) < 4.78 is 44.0. The van der Waals surface area contributed by atoms with Crippen LogP contribution in [-0.2, 0) is 19.6 Å². The summed E-state index contributed by atoms with van der Waals surface area (Å²) in [5, 5.41) is 9.93. The average Bonchev–Trinajstić information content (AvgIpc) is 3.37. The molecule has 0 saturated heterocycles. The number of nitrogens with one attached hydrogen (secondary N) is 2. The molecule has 0 radical (unpaired) electrons. The topological polar surface area (TPSA) is 150 Å². The van der Waals surface area contributed by atoms with Gasteiger partial charge in [-0.3, -0.25) is 14.8 Å². The van der Waals surface area contributed by atoms with E-state index in [4.69, 9.17) is 13.9 Å². The first-order valence-electron chi connectivity index (χ1n) is 10.9. The van der Waals surface area contributed by atoms with Gasteiger partial charge in [0.25, 0.3) is 15.9 Å². The first-order chi connectivity index (χ1) is 17.7. The molecule has 0 aliphatic rings. The van der Waals surface area contributed by atoms with Gasteiger partial charge in [0, 0.05) is 11.3 Å². The fourth-order valence-electron chi connectivity index (χ4n) is 3.19. The largest absolute Gasteiger partial charge is 0.495 e. The number of nitrogens with zero attached hydrogens (tertiary/aromatic N) is 2. The van der Waals surface area contributed by atoms with E-state index in [1.54, 1.807) is 48.5 Å². The van der Waals surface area contributed by atoms with Gasteiger partial charge in [0.05, 0.1) is 12.7 Å². The summed E-state index contributed by atoms with van der Waals surface area (Å²) in [7, 11) is -2.80. The zero-order valence-electron chi connectivity index (χ0n) is 19.8. The van der Waals surface area contributed by atoms with E-state index in [1.807, 2.05) is 13.0 Å². The van der Waals surface area contributed by atoms with Crippen molar-refractivity contribution in [1.29, 1.82) is 0 Å². The van der Waals surface area contributed by atoms with Crippen molar-refractivity contribution >= 4 is 33.6 Å². The molecule has 0 bridgehead atoms. The van der Waals surface area contributed by atoms with Crippen LogP contribution in [0.25, 0.3) is 11.5 Å². The average molecular weight is 523 g/mol. The summed E-state index contributed by atoms with van der Waals surface area (Å²) in [5.41, 5.74) is 1.88. The van der Waals surface area contributed by atoms with Crippen molar-refractivity contribution in [3.05, 3.63) is 83.9 Å². The molecule has 4 rings (SSSR count). The quantitative estimate of drug-likeness (QED) is 0.314. The van der Waals surface area contributed by atoms with Crippen molar-refractivity contribution in [2.75, 3.05) is 23.8 Å². The zero-order chi connectivity index (χ0) is 26.4. The van der Waals surface area contributed by atoms with E-state index in [0.29, 0.717) is 11.3 Å². The van der Waals surface area contributed by atoms with Crippen molar-refractivity contribution in [2.24, 2.45) is 0 Å². The molecule has 1 aromatic heterocycles. The second kappa shape index (κ2) is 10.9.